The van der Waals surface area contributed by atoms with Crippen LogP contribution in [-0.4, -0.2) is 9.55 Å². The molecule has 1 aromatic heterocycles. The average molecular weight is 294 g/mol. The van der Waals surface area contributed by atoms with Gasteiger partial charge in [-0.05, 0) is 44.9 Å². The third-order valence-corrected chi connectivity index (χ3v) is 3.93. The SMILES string of the molecule is CC(C)n1c(C2CC2)nc(-c2ccc(F)cc2Cl)c1N. The lowest BCUT2D eigenvalue weighted by atomic mass is 10.1. The Morgan fingerprint density at radius 2 is 2.10 bits per heavy atom. The van der Waals surface area contributed by atoms with E-state index < -0.39 is 0 Å². The number of anilines is 1. The number of aromatic nitrogens is 2. The number of nitrogens with two attached hydrogens (primary N) is 1. The summed E-state index contributed by atoms with van der Waals surface area (Å²) in [5, 5.41) is 0.340. The minimum atomic E-state index is -0.358. The van der Waals surface area contributed by atoms with Gasteiger partial charge in [0.1, 0.15) is 23.2 Å². The Morgan fingerprint density at radius 1 is 1.40 bits per heavy atom. The van der Waals surface area contributed by atoms with Gasteiger partial charge < -0.3 is 10.3 Å². The summed E-state index contributed by atoms with van der Waals surface area (Å²) < 4.78 is 15.2. The van der Waals surface area contributed by atoms with Gasteiger partial charge in [0.15, 0.2) is 0 Å². The van der Waals surface area contributed by atoms with E-state index in [1.807, 2.05) is 0 Å². The van der Waals surface area contributed by atoms with Crippen LogP contribution in [0.3, 0.4) is 0 Å². The van der Waals surface area contributed by atoms with Gasteiger partial charge in [-0.25, -0.2) is 9.37 Å². The first kappa shape index (κ1) is 13.4. The second-order valence-corrected chi connectivity index (χ2v) is 5.97. The maximum atomic E-state index is 13.2. The fourth-order valence-electron chi connectivity index (χ4n) is 2.52. The van der Waals surface area contributed by atoms with Crippen molar-refractivity contribution in [1.82, 2.24) is 9.55 Å². The predicted octanol–water partition coefficient (Wildman–Crippen LogP) is 4.38. The molecule has 1 aliphatic rings. The van der Waals surface area contributed by atoms with Crippen molar-refractivity contribution in [3.63, 3.8) is 0 Å². The molecule has 3 nitrogen and oxygen atoms in total. The fourth-order valence-corrected chi connectivity index (χ4v) is 2.77. The zero-order valence-corrected chi connectivity index (χ0v) is 12.3. The van der Waals surface area contributed by atoms with Gasteiger partial charge in [-0.3, -0.25) is 0 Å². The molecule has 0 atom stereocenters. The topological polar surface area (TPSA) is 43.8 Å². The Morgan fingerprint density at radius 3 is 2.65 bits per heavy atom. The number of rotatable bonds is 3. The van der Waals surface area contributed by atoms with Crippen LogP contribution in [0.5, 0.6) is 0 Å². The number of nitrogens with zero attached hydrogens (tertiary/aromatic N) is 2. The molecule has 5 heteroatoms. The highest BCUT2D eigenvalue weighted by molar-refractivity contribution is 6.33. The highest BCUT2D eigenvalue weighted by Gasteiger charge is 2.32. The van der Waals surface area contributed by atoms with Crippen LogP contribution in [0, 0.1) is 5.82 Å². The smallest absolute Gasteiger partial charge is 0.132 e. The summed E-state index contributed by atoms with van der Waals surface area (Å²) in [5.41, 5.74) is 7.60. The molecular formula is C15H17ClFN3. The van der Waals surface area contributed by atoms with E-state index in [-0.39, 0.29) is 11.9 Å². The maximum Gasteiger partial charge on any atom is 0.132 e. The quantitative estimate of drug-likeness (QED) is 0.912. The first-order chi connectivity index (χ1) is 9.49. The number of benzene rings is 1. The van der Waals surface area contributed by atoms with Crippen molar-refractivity contribution < 1.29 is 4.39 Å². The summed E-state index contributed by atoms with van der Waals surface area (Å²) in [5.74, 6) is 1.76. The van der Waals surface area contributed by atoms with Gasteiger partial charge in [-0.1, -0.05) is 11.6 Å². The van der Waals surface area contributed by atoms with Crippen molar-refractivity contribution in [1.29, 1.82) is 0 Å². The van der Waals surface area contributed by atoms with Gasteiger partial charge in [-0.2, -0.15) is 0 Å². The van der Waals surface area contributed by atoms with E-state index in [2.05, 4.69) is 23.4 Å². The van der Waals surface area contributed by atoms with Gasteiger partial charge in [0.2, 0.25) is 0 Å². The van der Waals surface area contributed by atoms with Crippen molar-refractivity contribution in [2.24, 2.45) is 0 Å². The van der Waals surface area contributed by atoms with Crippen molar-refractivity contribution in [3.05, 3.63) is 34.9 Å². The number of imidazole rings is 1. The van der Waals surface area contributed by atoms with Gasteiger partial charge in [0.25, 0.3) is 0 Å². The number of nitrogen functional groups attached to an aromatic ring is 1. The molecule has 2 aromatic rings. The van der Waals surface area contributed by atoms with Crippen LogP contribution in [0.25, 0.3) is 11.3 Å². The van der Waals surface area contributed by atoms with E-state index in [1.165, 1.54) is 12.1 Å². The van der Waals surface area contributed by atoms with Crippen LogP contribution in [0.4, 0.5) is 10.2 Å². The van der Waals surface area contributed by atoms with E-state index in [1.54, 1.807) is 6.07 Å². The molecule has 0 radical (unpaired) electrons. The monoisotopic (exact) mass is 293 g/mol. The maximum absolute atomic E-state index is 13.2. The molecule has 3 rings (SSSR count). The van der Waals surface area contributed by atoms with Crippen LogP contribution in [0.15, 0.2) is 18.2 Å². The highest BCUT2D eigenvalue weighted by Crippen LogP contribution is 2.44. The largest absolute Gasteiger partial charge is 0.383 e. The van der Waals surface area contributed by atoms with Crippen molar-refractivity contribution >= 4 is 17.4 Å². The Bertz CT molecular complexity index is 659. The lowest BCUT2D eigenvalue weighted by Gasteiger charge is -2.13. The molecule has 1 heterocycles. The minimum absolute atomic E-state index is 0.242. The summed E-state index contributed by atoms with van der Waals surface area (Å²) in [6.45, 7) is 4.17. The Kier molecular flexibility index (Phi) is 3.21. The second kappa shape index (κ2) is 4.77. The third kappa shape index (κ3) is 2.18. The van der Waals surface area contributed by atoms with Gasteiger partial charge in [-0.15, -0.1) is 0 Å². The molecule has 0 spiro atoms. The molecule has 1 aliphatic carbocycles. The zero-order chi connectivity index (χ0) is 14.4. The molecule has 0 aliphatic heterocycles. The van der Waals surface area contributed by atoms with Crippen molar-refractivity contribution in [3.8, 4) is 11.3 Å². The third-order valence-electron chi connectivity index (χ3n) is 3.62. The lowest BCUT2D eigenvalue weighted by molar-refractivity contribution is 0.576. The summed E-state index contributed by atoms with van der Waals surface area (Å²) in [4.78, 5) is 4.68. The second-order valence-electron chi connectivity index (χ2n) is 5.57. The lowest BCUT2D eigenvalue weighted by Crippen LogP contribution is -2.08. The van der Waals surface area contributed by atoms with E-state index in [0.717, 1.165) is 18.7 Å². The van der Waals surface area contributed by atoms with Crippen LogP contribution < -0.4 is 5.73 Å². The zero-order valence-electron chi connectivity index (χ0n) is 11.5. The molecule has 0 unspecified atom stereocenters. The molecule has 2 N–H and O–H groups in total. The summed E-state index contributed by atoms with van der Waals surface area (Å²) in [6.07, 6.45) is 2.31. The van der Waals surface area contributed by atoms with Crippen LogP contribution in [-0.2, 0) is 0 Å². The summed E-state index contributed by atoms with van der Waals surface area (Å²) in [6, 6.07) is 4.55. The van der Waals surface area contributed by atoms with E-state index in [0.29, 0.717) is 28.0 Å². The number of hydrogen-bond acceptors (Lipinski definition) is 2. The van der Waals surface area contributed by atoms with E-state index >= 15 is 0 Å². The molecule has 0 bridgehead atoms. The van der Waals surface area contributed by atoms with Crippen LogP contribution >= 0.6 is 11.6 Å². The highest BCUT2D eigenvalue weighted by atomic mass is 35.5. The van der Waals surface area contributed by atoms with Gasteiger partial charge in [0, 0.05) is 17.5 Å². The molecule has 1 fully saturated rings. The van der Waals surface area contributed by atoms with Crippen LogP contribution in [0.2, 0.25) is 5.02 Å². The Balaban J connectivity index is 2.16. The number of halogens is 2. The standard InChI is InChI=1S/C15H17ClFN3/c1-8(2)20-14(18)13(19-15(20)9-3-4-9)11-6-5-10(17)7-12(11)16/h5-9H,3-4,18H2,1-2H3. The molecule has 1 aromatic carbocycles. The molecular weight excluding hydrogens is 277 g/mol. The Hall–Kier alpha value is -1.55. The molecule has 20 heavy (non-hydrogen) atoms. The molecule has 0 saturated heterocycles. The van der Waals surface area contributed by atoms with E-state index in [4.69, 9.17) is 17.3 Å². The van der Waals surface area contributed by atoms with E-state index in [9.17, 15) is 4.39 Å². The molecule has 0 amide bonds. The predicted molar refractivity (Wildman–Crippen MR) is 79.4 cm³/mol. The Labute approximate surface area is 122 Å². The first-order valence-electron chi connectivity index (χ1n) is 6.82. The molecule has 106 valence electrons. The van der Waals surface area contributed by atoms with Crippen molar-refractivity contribution in [2.75, 3.05) is 5.73 Å². The summed E-state index contributed by atoms with van der Waals surface area (Å²) >= 11 is 6.13. The minimum Gasteiger partial charge on any atom is -0.383 e. The van der Waals surface area contributed by atoms with Gasteiger partial charge in [0.05, 0.1) is 5.02 Å². The fraction of sp³-hybridized carbons (Fsp3) is 0.400. The number of hydrogen-bond donors (Lipinski definition) is 1. The molecule has 1 saturated carbocycles. The average Bonchev–Trinajstić information content (AvgIpc) is 3.14. The van der Waals surface area contributed by atoms with Crippen LogP contribution in [0.1, 0.15) is 44.5 Å². The summed E-state index contributed by atoms with van der Waals surface area (Å²) in [7, 11) is 0. The first-order valence-corrected chi connectivity index (χ1v) is 7.20. The van der Waals surface area contributed by atoms with Crippen molar-refractivity contribution in [2.45, 2.75) is 38.6 Å². The van der Waals surface area contributed by atoms with Gasteiger partial charge >= 0.3 is 0 Å². The normalized spacial score (nSPS) is 15.1.